The first-order valence-corrected chi connectivity index (χ1v) is 14.5. The molecule has 0 saturated heterocycles. The van der Waals surface area contributed by atoms with Gasteiger partial charge < -0.3 is 5.11 Å². The molecule has 2 aromatic carbocycles. The second-order valence-corrected chi connectivity index (χ2v) is 11.4. The summed E-state index contributed by atoms with van der Waals surface area (Å²) in [5, 5.41) is 20.8. The lowest BCUT2D eigenvalue weighted by molar-refractivity contribution is 0.358. The summed E-state index contributed by atoms with van der Waals surface area (Å²) in [5.41, 5.74) is 0.741. The Morgan fingerprint density at radius 2 is 1.76 bits per heavy atom. The van der Waals surface area contributed by atoms with Gasteiger partial charge in [-0.2, -0.15) is 14.6 Å². The van der Waals surface area contributed by atoms with Gasteiger partial charge in [0, 0.05) is 17.7 Å². The maximum Gasteiger partial charge on any atom is 0.296 e. The second-order valence-electron chi connectivity index (χ2n) is 9.53. The maximum absolute atomic E-state index is 14.1. The first-order valence-electron chi connectivity index (χ1n) is 13.1. The van der Waals surface area contributed by atoms with Gasteiger partial charge in [0.1, 0.15) is 17.7 Å². The number of benzene rings is 2. The Labute approximate surface area is 236 Å². The average molecular weight is 579 g/mol. The molecule has 8 nitrogen and oxygen atoms in total. The van der Waals surface area contributed by atoms with Crippen LogP contribution in [0.4, 0.5) is 8.78 Å². The lowest BCUT2D eigenvalue weighted by Crippen LogP contribution is -2.27. The van der Waals surface area contributed by atoms with Crippen LogP contribution in [0.1, 0.15) is 61.8 Å². The Hall–Kier alpha value is -4.43. The number of rotatable bonds is 9. The number of aryl methyl sites for hydroxylation is 2. The minimum absolute atomic E-state index is 0.178. The molecule has 1 atom stereocenters. The maximum atomic E-state index is 14.1. The van der Waals surface area contributed by atoms with E-state index in [1.54, 1.807) is 19.9 Å². The van der Waals surface area contributed by atoms with Crippen LogP contribution in [0, 0.1) is 30.0 Å². The summed E-state index contributed by atoms with van der Waals surface area (Å²) in [7, 11) is -4.55. The summed E-state index contributed by atoms with van der Waals surface area (Å²) in [6.45, 7) is 5.34. The number of hydrogen-bond acceptors (Lipinski definition) is 7. The van der Waals surface area contributed by atoms with Gasteiger partial charge >= 0.3 is 0 Å². The summed E-state index contributed by atoms with van der Waals surface area (Å²) in [5.74, 6) is -1.95. The molecule has 212 valence electrons. The predicted molar refractivity (Wildman–Crippen MR) is 148 cm³/mol. The molecule has 0 aliphatic carbocycles. The first-order chi connectivity index (χ1) is 19.5. The zero-order valence-corrected chi connectivity index (χ0v) is 23.5. The van der Waals surface area contributed by atoms with Crippen LogP contribution in [0.3, 0.4) is 0 Å². The van der Waals surface area contributed by atoms with Gasteiger partial charge in [-0.25, -0.2) is 17.8 Å². The number of sulfone groups is 1. The standard InChI is InChI=1S/C30H28F2N4O4S/c1-4-6-7-27-35-29(37)28(30(38)36(27)25(5-2)20-10-14-24(31)21(16-20)17-33)41(39,40)22-11-8-19(9-12-22)23-13-15-26(32)34-18(23)3/h8-16,25,38H,4-7H2,1-3H3/t25-/m0/s1. The fourth-order valence-corrected chi connectivity index (χ4v) is 6.14. The van der Waals surface area contributed by atoms with Crippen LogP contribution in [0.2, 0.25) is 0 Å². The van der Waals surface area contributed by atoms with E-state index in [4.69, 9.17) is 0 Å². The fourth-order valence-electron chi connectivity index (χ4n) is 4.79. The molecule has 0 aliphatic heterocycles. The fraction of sp³-hybridized carbons (Fsp3) is 0.267. The smallest absolute Gasteiger partial charge is 0.296 e. The summed E-state index contributed by atoms with van der Waals surface area (Å²) in [6, 6.07) is 13.3. The summed E-state index contributed by atoms with van der Waals surface area (Å²) >= 11 is 0. The number of halogens is 2. The van der Waals surface area contributed by atoms with Gasteiger partial charge in [0.25, 0.3) is 5.56 Å². The third-order valence-electron chi connectivity index (χ3n) is 6.88. The van der Waals surface area contributed by atoms with E-state index in [9.17, 15) is 32.4 Å². The molecular weight excluding hydrogens is 550 g/mol. The first kappa shape index (κ1) is 29.6. The van der Waals surface area contributed by atoms with Crippen molar-refractivity contribution in [2.45, 2.75) is 62.3 Å². The largest absolute Gasteiger partial charge is 0.493 e. The van der Waals surface area contributed by atoms with E-state index in [2.05, 4.69) is 9.97 Å². The number of unbranched alkanes of at least 4 members (excludes halogenated alkanes) is 1. The monoisotopic (exact) mass is 578 g/mol. The number of nitrogens with zero attached hydrogens (tertiary/aromatic N) is 4. The Kier molecular flexibility index (Phi) is 8.63. The lowest BCUT2D eigenvalue weighted by atomic mass is 10.0. The van der Waals surface area contributed by atoms with E-state index in [1.807, 2.05) is 6.92 Å². The van der Waals surface area contributed by atoms with Crippen LogP contribution in [-0.4, -0.2) is 28.1 Å². The highest BCUT2D eigenvalue weighted by Gasteiger charge is 2.32. The molecule has 0 bridgehead atoms. The van der Waals surface area contributed by atoms with Gasteiger partial charge in [-0.1, -0.05) is 38.5 Å². The Morgan fingerprint density at radius 3 is 2.37 bits per heavy atom. The molecule has 4 rings (SSSR count). The molecule has 2 heterocycles. The molecule has 41 heavy (non-hydrogen) atoms. The van der Waals surface area contributed by atoms with E-state index in [0.717, 1.165) is 12.5 Å². The van der Waals surface area contributed by atoms with Crippen molar-refractivity contribution in [1.29, 1.82) is 5.26 Å². The molecule has 1 N–H and O–H groups in total. The van der Waals surface area contributed by atoms with Crippen molar-refractivity contribution in [2.75, 3.05) is 0 Å². The molecule has 0 amide bonds. The van der Waals surface area contributed by atoms with Gasteiger partial charge in [-0.05, 0) is 67.3 Å². The van der Waals surface area contributed by atoms with Crippen molar-refractivity contribution in [3.8, 4) is 23.1 Å². The van der Waals surface area contributed by atoms with Gasteiger partial charge in [0.05, 0.1) is 16.5 Å². The van der Waals surface area contributed by atoms with Gasteiger partial charge in [0.2, 0.25) is 21.7 Å². The van der Waals surface area contributed by atoms with Crippen LogP contribution in [-0.2, 0) is 16.3 Å². The lowest BCUT2D eigenvalue weighted by Gasteiger charge is -2.25. The van der Waals surface area contributed by atoms with Crippen molar-refractivity contribution in [1.82, 2.24) is 14.5 Å². The Morgan fingerprint density at radius 1 is 1.05 bits per heavy atom. The molecule has 0 fully saturated rings. The third-order valence-corrected chi connectivity index (χ3v) is 8.67. The van der Waals surface area contributed by atoms with Crippen molar-refractivity contribution < 1.29 is 22.3 Å². The van der Waals surface area contributed by atoms with Crippen molar-refractivity contribution in [3.63, 3.8) is 0 Å². The second kappa shape index (κ2) is 12.0. The molecule has 0 radical (unpaired) electrons. The van der Waals surface area contributed by atoms with Crippen molar-refractivity contribution >= 4 is 9.84 Å². The zero-order valence-electron chi connectivity index (χ0n) is 22.7. The highest BCUT2D eigenvalue weighted by molar-refractivity contribution is 7.91. The zero-order chi connectivity index (χ0) is 29.9. The van der Waals surface area contributed by atoms with Crippen LogP contribution in [0.15, 0.2) is 69.2 Å². The number of nitriles is 1. The highest BCUT2D eigenvalue weighted by Crippen LogP contribution is 2.34. The van der Waals surface area contributed by atoms with E-state index >= 15 is 0 Å². The van der Waals surface area contributed by atoms with Crippen LogP contribution in [0.25, 0.3) is 11.1 Å². The average Bonchev–Trinajstić information content (AvgIpc) is 2.94. The molecule has 11 heteroatoms. The molecule has 0 saturated carbocycles. The van der Waals surface area contributed by atoms with E-state index in [1.165, 1.54) is 53.1 Å². The predicted octanol–water partition coefficient (Wildman–Crippen LogP) is 5.64. The summed E-state index contributed by atoms with van der Waals surface area (Å²) < 4.78 is 56.3. The van der Waals surface area contributed by atoms with Gasteiger partial charge in [0.15, 0.2) is 4.90 Å². The van der Waals surface area contributed by atoms with E-state index < -0.39 is 44.0 Å². The quantitative estimate of drug-likeness (QED) is 0.255. The molecular formula is C30H28F2N4O4S. The van der Waals surface area contributed by atoms with Crippen LogP contribution in [0.5, 0.6) is 5.88 Å². The van der Waals surface area contributed by atoms with Crippen LogP contribution >= 0.6 is 0 Å². The Balaban J connectivity index is 1.88. The van der Waals surface area contributed by atoms with Gasteiger partial charge in [-0.3, -0.25) is 9.36 Å². The van der Waals surface area contributed by atoms with E-state index in [-0.39, 0.29) is 22.7 Å². The number of aromatic nitrogens is 3. The van der Waals surface area contributed by atoms with E-state index in [0.29, 0.717) is 35.2 Å². The van der Waals surface area contributed by atoms with Crippen molar-refractivity contribution in [2.24, 2.45) is 0 Å². The molecule has 4 aromatic rings. The Bertz CT molecular complexity index is 1810. The SMILES string of the molecule is CCCCc1nc(=O)c(S(=O)(=O)c2ccc(-c3ccc(F)nc3C)cc2)c(O)n1[C@@H](CC)c1ccc(F)c(C#N)c1. The number of pyridine rings is 1. The summed E-state index contributed by atoms with van der Waals surface area (Å²) in [6.07, 6.45) is 1.95. The van der Waals surface area contributed by atoms with Crippen molar-refractivity contribution in [3.05, 3.63) is 99.4 Å². The molecule has 0 unspecified atom stereocenters. The normalized spacial score (nSPS) is 12.2. The van der Waals surface area contributed by atoms with Gasteiger partial charge in [-0.15, -0.1) is 0 Å². The third kappa shape index (κ3) is 5.74. The van der Waals surface area contributed by atoms with Crippen LogP contribution < -0.4 is 5.56 Å². The minimum Gasteiger partial charge on any atom is -0.493 e. The highest BCUT2D eigenvalue weighted by atomic mass is 32.2. The molecule has 2 aromatic heterocycles. The number of hydrogen-bond donors (Lipinski definition) is 1. The molecule has 0 spiro atoms. The summed E-state index contributed by atoms with van der Waals surface area (Å²) in [4.78, 5) is 19.9. The topological polar surface area (TPSA) is 126 Å². The number of aromatic hydroxyl groups is 1. The molecule has 0 aliphatic rings. The minimum atomic E-state index is -4.55.